The third kappa shape index (κ3) is 1.85. The zero-order valence-corrected chi connectivity index (χ0v) is 11.3. The zero-order chi connectivity index (χ0) is 13.6. The SMILES string of the molecule is CCOC(=O)C[C@]1(C[N+](=O)[O-])[C@@H]2C[C@@H]3CC[C@H]1[C@H]2C3. The van der Waals surface area contributed by atoms with Gasteiger partial charge < -0.3 is 4.74 Å². The van der Waals surface area contributed by atoms with Crippen LogP contribution in [0.3, 0.4) is 0 Å². The molecule has 0 radical (unpaired) electrons. The summed E-state index contributed by atoms with van der Waals surface area (Å²) in [6, 6.07) is 0. The van der Waals surface area contributed by atoms with E-state index in [1.54, 1.807) is 6.92 Å². The summed E-state index contributed by atoms with van der Waals surface area (Å²) in [5.74, 6) is 1.92. The Balaban J connectivity index is 1.82. The maximum atomic E-state index is 11.9. The minimum absolute atomic E-state index is 0.0512. The summed E-state index contributed by atoms with van der Waals surface area (Å²) in [4.78, 5) is 22.7. The molecule has 0 aromatic rings. The molecule has 0 saturated heterocycles. The number of ether oxygens (including phenoxy) is 1. The second-order valence-electron chi connectivity index (χ2n) is 6.50. The number of hydrogen-bond donors (Lipinski definition) is 0. The molecule has 5 heteroatoms. The molecule has 0 aromatic heterocycles. The summed E-state index contributed by atoms with van der Waals surface area (Å²) in [5, 5.41) is 11.1. The Morgan fingerprint density at radius 3 is 2.84 bits per heavy atom. The molecule has 0 amide bonds. The number of rotatable bonds is 5. The average molecular weight is 267 g/mol. The smallest absolute Gasteiger partial charge is 0.306 e. The Morgan fingerprint density at radius 1 is 1.37 bits per heavy atom. The molecule has 3 aliphatic carbocycles. The van der Waals surface area contributed by atoms with Crippen LogP contribution < -0.4 is 0 Å². The molecule has 5 nitrogen and oxygen atoms in total. The summed E-state index contributed by atoms with van der Waals surface area (Å²) in [6.45, 7) is 2.09. The van der Waals surface area contributed by atoms with Crippen LogP contribution in [-0.2, 0) is 9.53 Å². The Hall–Kier alpha value is -1.13. The molecule has 0 aromatic carbocycles. The minimum Gasteiger partial charge on any atom is -0.466 e. The fourth-order valence-electron chi connectivity index (χ4n) is 5.29. The van der Waals surface area contributed by atoms with Gasteiger partial charge in [-0.05, 0) is 49.9 Å². The van der Waals surface area contributed by atoms with Crippen molar-refractivity contribution < 1.29 is 14.5 Å². The molecule has 0 aliphatic heterocycles. The first-order valence-electron chi connectivity index (χ1n) is 7.34. The van der Waals surface area contributed by atoms with Crippen LogP contribution in [0.2, 0.25) is 0 Å². The standard InChI is InChI=1S/C14H21NO4/c1-2-19-13(16)7-14(8-15(17)18)11-4-3-9-5-10(11)12(14)6-9/h9-12H,2-8H2,1H3/t9-,10-,11+,12-,14-/m1/s1. The Bertz CT molecular complexity index is 402. The van der Waals surface area contributed by atoms with Crippen LogP contribution in [0.5, 0.6) is 0 Å². The van der Waals surface area contributed by atoms with E-state index in [1.165, 1.54) is 12.8 Å². The maximum absolute atomic E-state index is 11.9. The molecule has 3 saturated carbocycles. The molecular formula is C14H21NO4. The van der Waals surface area contributed by atoms with Gasteiger partial charge in [0, 0.05) is 4.92 Å². The van der Waals surface area contributed by atoms with Crippen LogP contribution in [-0.4, -0.2) is 24.0 Å². The summed E-state index contributed by atoms with van der Waals surface area (Å²) in [7, 11) is 0. The lowest BCUT2D eigenvalue weighted by Gasteiger charge is -2.57. The molecule has 5 atom stereocenters. The highest BCUT2D eigenvalue weighted by atomic mass is 16.6. The third-order valence-corrected chi connectivity index (χ3v) is 5.79. The van der Waals surface area contributed by atoms with E-state index in [9.17, 15) is 14.9 Å². The van der Waals surface area contributed by atoms with E-state index >= 15 is 0 Å². The Kier molecular flexibility index (Phi) is 3.02. The van der Waals surface area contributed by atoms with Crippen LogP contribution in [0.15, 0.2) is 0 Å². The van der Waals surface area contributed by atoms with Crippen molar-refractivity contribution in [2.75, 3.05) is 13.2 Å². The molecule has 3 aliphatic rings. The van der Waals surface area contributed by atoms with E-state index in [1.807, 2.05) is 0 Å². The summed E-state index contributed by atoms with van der Waals surface area (Å²) in [6.07, 6.45) is 4.84. The monoisotopic (exact) mass is 267 g/mol. The Morgan fingerprint density at radius 2 is 2.16 bits per heavy atom. The molecule has 0 unspecified atom stereocenters. The average Bonchev–Trinajstić information content (AvgIpc) is 2.52. The van der Waals surface area contributed by atoms with E-state index in [2.05, 4.69) is 0 Å². The third-order valence-electron chi connectivity index (χ3n) is 5.79. The van der Waals surface area contributed by atoms with Gasteiger partial charge >= 0.3 is 5.97 Å². The van der Waals surface area contributed by atoms with Crippen molar-refractivity contribution in [3.63, 3.8) is 0 Å². The lowest BCUT2D eigenvalue weighted by atomic mass is 9.45. The van der Waals surface area contributed by atoms with Crippen molar-refractivity contribution in [2.45, 2.75) is 39.0 Å². The predicted octanol–water partition coefficient (Wildman–Crippen LogP) is 2.27. The minimum atomic E-state index is -0.397. The van der Waals surface area contributed by atoms with Crippen LogP contribution in [0.25, 0.3) is 0 Å². The van der Waals surface area contributed by atoms with E-state index < -0.39 is 5.41 Å². The van der Waals surface area contributed by atoms with Gasteiger partial charge in [0.15, 0.2) is 0 Å². The number of carbonyl (C=O) groups excluding carboxylic acids is 1. The van der Waals surface area contributed by atoms with Gasteiger partial charge in [-0.1, -0.05) is 6.42 Å². The van der Waals surface area contributed by atoms with Crippen LogP contribution in [0.4, 0.5) is 0 Å². The summed E-state index contributed by atoms with van der Waals surface area (Å²) >= 11 is 0. The largest absolute Gasteiger partial charge is 0.466 e. The van der Waals surface area contributed by atoms with Crippen LogP contribution in [0.1, 0.15) is 39.0 Å². The van der Waals surface area contributed by atoms with E-state index in [0.29, 0.717) is 24.4 Å². The molecule has 0 heterocycles. The van der Waals surface area contributed by atoms with Crippen LogP contribution in [0, 0.1) is 39.2 Å². The number of carbonyl (C=O) groups is 1. The van der Waals surface area contributed by atoms with Gasteiger partial charge in [0.1, 0.15) is 0 Å². The lowest BCUT2D eigenvalue weighted by Crippen LogP contribution is -2.59. The van der Waals surface area contributed by atoms with Gasteiger partial charge in [-0.2, -0.15) is 0 Å². The maximum Gasteiger partial charge on any atom is 0.306 e. The first kappa shape index (κ1) is 12.9. The van der Waals surface area contributed by atoms with Gasteiger partial charge in [0.2, 0.25) is 6.54 Å². The van der Waals surface area contributed by atoms with Gasteiger partial charge in [-0.25, -0.2) is 0 Å². The van der Waals surface area contributed by atoms with Gasteiger partial charge in [0.25, 0.3) is 0 Å². The van der Waals surface area contributed by atoms with E-state index in [4.69, 9.17) is 4.74 Å². The molecule has 0 spiro atoms. The number of esters is 1. The van der Waals surface area contributed by atoms with Gasteiger partial charge in [-0.15, -0.1) is 0 Å². The highest BCUT2D eigenvalue weighted by molar-refractivity contribution is 5.70. The van der Waals surface area contributed by atoms with Crippen LogP contribution >= 0.6 is 0 Å². The first-order chi connectivity index (χ1) is 9.06. The van der Waals surface area contributed by atoms with Gasteiger partial charge in [-0.3, -0.25) is 14.9 Å². The molecular weight excluding hydrogens is 246 g/mol. The second-order valence-corrected chi connectivity index (χ2v) is 6.50. The summed E-state index contributed by atoms with van der Waals surface area (Å²) in [5.41, 5.74) is -0.397. The molecule has 0 N–H and O–H groups in total. The van der Waals surface area contributed by atoms with E-state index in [0.717, 1.165) is 18.8 Å². The quantitative estimate of drug-likeness (QED) is 0.435. The summed E-state index contributed by atoms with van der Waals surface area (Å²) < 4.78 is 5.05. The second kappa shape index (κ2) is 4.46. The topological polar surface area (TPSA) is 69.4 Å². The van der Waals surface area contributed by atoms with Crippen molar-refractivity contribution in [3.8, 4) is 0 Å². The van der Waals surface area contributed by atoms with Gasteiger partial charge in [0.05, 0.1) is 18.4 Å². The molecule has 3 rings (SSSR count). The first-order valence-corrected chi connectivity index (χ1v) is 7.34. The highest BCUT2D eigenvalue weighted by Crippen LogP contribution is 2.70. The molecule has 3 fully saturated rings. The zero-order valence-electron chi connectivity index (χ0n) is 11.3. The fraction of sp³-hybridized carbons (Fsp3) is 0.929. The number of hydrogen-bond acceptors (Lipinski definition) is 4. The number of nitrogens with zero attached hydrogens (tertiary/aromatic N) is 1. The molecule has 2 bridgehead atoms. The lowest BCUT2D eigenvalue weighted by molar-refractivity contribution is -0.511. The molecule has 19 heavy (non-hydrogen) atoms. The number of nitro groups is 1. The Labute approximate surface area is 112 Å². The van der Waals surface area contributed by atoms with E-state index in [-0.39, 0.29) is 23.9 Å². The van der Waals surface area contributed by atoms with Crippen molar-refractivity contribution in [1.29, 1.82) is 0 Å². The van der Waals surface area contributed by atoms with Crippen molar-refractivity contribution in [3.05, 3.63) is 10.1 Å². The highest BCUT2D eigenvalue weighted by Gasteiger charge is 2.68. The van der Waals surface area contributed by atoms with Crippen molar-refractivity contribution in [1.82, 2.24) is 0 Å². The number of fused-ring (bicyclic) bond motifs is 1. The fourth-order valence-corrected chi connectivity index (χ4v) is 5.29. The van der Waals surface area contributed by atoms with Crippen molar-refractivity contribution in [2.24, 2.45) is 29.1 Å². The predicted molar refractivity (Wildman–Crippen MR) is 68.0 cm³/mol. The normalized spacial score (nSPS) is 42.6. The van der Waals surface area contributed by atoms with Crippen molar-refractivity contribution >= 4 is 5.97 Å². The molecule has 106 valence electrons.